The third-order valence-corrected chi connectivity index (χ3v) is 4.29. The fraction of sp³-hybridized carbons (Fsp3) is 0.182. The van der Waals surface area contributed by atoms with Crippen molar-refractivity contribution in [3.8, 4) is 22.3 Å². The quantitative estimate of drug-likeness (QED) is 0.620. The van der Waals surface area contributed by atoms with E-state index in [1.807, 2.05) is 6.07 Å². The fourth-order valence-electron chi connectivity index (χ4n) is 3.39. The molecule has 0 bridgehead atoms. The summed E-state index contributed by atoms with van der Waals surface area (Å²) in [7, 11) is 0. The molecule has 0 heterocycles. The molecular weight excluding hydrogens is 292 g/mol. The van der Waals surface area contributed by atoms with E-state index >= 15 is 0 Å². The molecule has 2 nitrogen and oxygen atoms in total. The Kier molecular flexibility index (Phi) is 4.06. The highest BCUT2D eigenvalue weighted by molar-refractivity contribution is 5.89. The van der Waals surface area contributed by atoms with Crippen molar-refractivity contribution in [2.24, 2.45) is 0 Å². The van der Waals surface area contributed by atoms with Crippen LogP contribution in [-0.2, 0) is 0 Å². The molecule has 122 valence electrons. The maximum atomic E-state index is 6.28. The van der Waals surface area contributed by atoms with E-state index in [0.29, 0.717) is 11.4 Å². The Bertz CT molecular complexity index is 810. The summed E-state index contributed by atoms with van der Waals surface area (Å²) in [4.78, 5) is 0. The van der Waals surface area contributed by atoms with E-state index in [1.165, 1.54) is 22.3 Å². The van der Waals surface area contributed by atoms with Gasteiger partial charge in [-0.1, -0.05) is 58.7 Å². The zero-order chi connectivity index (χ0) is 17.4. The van der Waals surface area contributed by atoms with E-state index in [1.54, 1.807) is 0 Å². The summed E-state index contributed by atoms with van der Waals surface area (Å²) >= 11 is 0. The lowest BCUT2D eigenvalue weighted by Gasteiger charge is -2.14. The maximum Gasteiger partial charge on any atom is 0.0414 e. The summed E-state index contributed by atoms with van der Waals surface area (Å²) in [6, 6.07) is 17.0. The summed E-state index contributed by atoms with van der Waals surface area (Å²) < 4.78 is 0. The summed E-state index contributed by atoms with van der Waals surface area (Å²) in [5.74, 6) is 0. The Morgan fingerprint density at radius 3 is 1.12 bits per heavy atom. The number of rotatable bonds is 2. The average molecular weight is 316 g/mol. The Labute approximate surface area is 144 Å². The van der Waals surface area contributed by atoms with Crippen LogP contribution < -0.4 is 11.5 Å². The Morgan fingerprint density at radius 1 is 0.458 bits per heavy atom. The summed E-state index contributed by atoms with van der Waals surface area (Å²) in [6.45, 7) is 8.42. The van der Waals surface area contributed by atoms with Crippen LogP contribution in [0.4, 0.5) is 11.4 Å². The second-order valence-electron chi connectivity index (χ2n) is 6.78. The van der Waals surface area contributed by atoms with Gasteiger partial charge < -0.3 is 11.5 Å². The minimum atomic E-state index is 0.714. The zero-order valence-corrected chi connectivity index (χ0v) is 14.8. The van der Waals surface area contributed by atoms with Crippen LogP contribution >= 0.6 is 0 Å². The topological polar surface area (TPSA) is 52.0 Å². The highest BCUT2D eigenvalue weighted by Crippen LogP contribution is 2.36. The van der Waals surface area contributed by atoms with Gasteiger partial charge in [0.1, 0.15) is 0 Å². The first-order valence-electron chi connectivity index (χ1n) is 8.20. The van der Waals surface area contributed by atoms with Gasteiger partial charge in [0, 0.05) is 22.5 Å². The van der Waals surface area contributed by atoms with E-state index in [0.717, 1.165) is 22.3 Å². The smallest absolute Gasteiger partial charge is 0.0414 e. The molecule has 4 N–H and O–H groups in total. The molecule has 0 amide bonds. The number of benzene rings is 3. The number of nitrogen functional groups attached to an aromatic ring is 2. The van der Waals surface area contributed by atoms with Gasteiger partial charge in [-0.25, -0.2) is 0 Å². The summed E-state index contributed by atoms with van der Waals surface area (Å²) in [5, 5.41) is 0. The molecule has 0 aliphatic carbocycles. The lowest BCUT2D eigenvalue weighted by Crippen LogP contribution is -1.97. The van der Waals surface area contributed by atoms with Gasteiger partial charge in [-0.05, 0) is 51.0 Å². The fourth-order valence-corrected chi connectivity index (χ4v) is 3.39. The first kappa shape index (κ1) is 16.1. The van der Waals surface area contributed by atoms with Crippen molar-refractivity contribution in [2.45, 2.75) is 27.7 Å². The largest absolute Gasteiger partial charge is 0.398 e. The van der Waals surface area contributed by atoms with Crippen LogP contribution in [0.15, 0.2) is 48.5 Å². The lowest BCUT2D eigenvalue weighted by molar-refractivity contribution is 1.38. The second kappa shape index (κ2) is 6.04. The van der Waals surface area contributed by atoms with E-state index in [9.17, 15) is 0 Å². The van der Waals surface area contributed by atoms with Gasteiger partial charge in [-0.15, -0.1) is 0 Å². The molecule has 3 aromatic rings. The first-order chi connectivity index (χ1) is 11.3. The van der Waals surface area contributed by atoms with Crippen molar-refractivity contribution < 1.29 is 0 Å². The van der Waals surface area contributed by atoms with Crippen molar-refractivity contribution in [1.82, 2.24) is 0 Å². The van der Waals surface area contributed by atoms with Crippen LogP contribution in [0, 0.1) is 27.7 Å². The van der Waals surface area contributed by atoms with Crippen LogP contribution in [0.2, 0.25) is 0 Å². The summed E-state index contributed by atoms with van der Waals surface area (Å²) in [6.07, 6.45) is 0. The predicted molar refractivity (Wildman–Crippen MR) is 105 cm³/mol. The van der Waals surface area contributed by atoms with Crippen molar-refractivity contribution in [2.75, 3.05) is 11.5 Å². The Balaban J connectivity index is 2.22. The molecule has 0 aliphatic heterocycles. The summed E-state index contributed by atoms with van der Waals surface area (Å²) in [5.41, 5.74) is 23.2. The van der Waals surface area contributed by atoms with Crippen molar-refractivity contribution >= 4 is 11.4 Å². The van der Waals surface area contributed by atoms with Crippen molar-refractivity contribution in [3.05, 3.63) is 70.8 Å². The highest BCUT2D eigenvalue weighted by atomic mass is 14.6. The minimum Gasteiger partial charge on any atom is -0.398 e. The van der Waals surface area contributed by atoms with Crippen LogP contribution in [0.1, 0.15) is 22.3 Å². The molecular formula is C22H24N2. The SMILES string of the molecule is Cc1cc(C)cc(-c2cc(-c3cc(C)cc(C)c3)c(N)cc2N)c1. The Morgan fingerprint density at radius 2 is 0.792 bits per heavy atom. The second-order valence-corrected chi connectivity index (χ2v) is 6.78. The molecule has 0 fully saturated rings. The molecule has 0 saturated heterocycles. The zero-order valence-electron chi connectivity index (χ0n) is 14.8. The van der Waals surface area contributed by atoms with Crippen LogP contribution in [0.5, 0.6) is 0 Å². The van der Waals surface area contributed by atoms with Gasteiger partial charge >= 0.3 is 0 Å². The molecule has 0 unspecified atom stereocenters. The lowest BCUT2D eigenvalue weighted by atomic mass is 9.93. The number of nitrogens with two attached hydrogens (primary N) is 2. The molecule has 0 radical (unpaired) electrons. The van der Waals surface area contributed by atoms with Crippen LogP contribution in [-0.4, -0.2) is 0 Å². The minimum absolute atomic E-state index is 0.714. The number of aryl methyl sites for hydroxylation is 4. The van der Waals surface area contributed by atoms with Gasteiger partial charge in [-0.2, -0.15) is 0 Å². The van der Waals surface area contributed by atoms with Gasteiger partial charge in [-0.3, -0.25) is 0 Å². The molecule has 0 saturated carbocycles. The first-order valence-corrected chi connectivity index (χ1v) is 8.20. The number of anilines is 2. The van der Waals surface area contributed by atoms with Crippen molar-refractivity contribution in [3.63, 3.8) is 0 Å². The van der Waals surface area contributed by atoms with Gasteiger partial charge in [0.2, 0.25) is 0 Å². The van der Waals surface area contributed by atoms with Gasteiger partial charge in [0.15, 0.2) is 0 Å². The van der Waals surface area contributed by atoms with E-state index in [2.05, 4.69) is 70.2 Å². The molecule has 0 atom stereocenters. The molecule has 3 rings (SSSR count). The molecule has 2 heteroatoms. The van der Waals surface area contributed by atoms with E-state index < -0.39 is 0 Å². The van der Waals surface area contributed by atoms with Crippen LogP contribution in [0.25, 0.3) is 22.3 Å². The van der Waals surface area contributed by atoms with Gasteiger partial charge in [0.05, 0.1) is 0 Å². The standard InChI is InChI=1S/C22H24N2/c1-13-5-14(2)8-17(7-13)19-11-20(22(24)12-21(19)23)18-9-15(3)6-16(4)10-18/h5-12H,23-24H2,1-4H3. The van der Waals surface area contributed by atoms with E-state index in [-0.39, 0.29) is 0 Å². The average Bonchev–Trinajstić information content (AvgIpc) is 2.45. The maximum absolute atomic E-state index is 6.28. The van der Waals surface area contributed by atoms with Gasteiger partial charge in [0.25, 0.3) is 0 Å². The molecule has 0 spiro atoms. The molecule has 0 aliphatic rings. The predicted octanol–water partition coefficient (Wildman–Crippen LogP) is 5.42. The molecule has 24 heavy (non-hydrogen) atoms. The molecule has 3 aromatic carbocycles. The van der Waals surface area contributed by atoms with Crippen LogP contribution in [0.3, 0.4) is 0 Å². The third-order valence-electron chi connectivity index (χ3n) is 4.29. The highest BCUT2D eigenvalue weighted by Gasteiger charge is 2.11. The van der Waals surface area contributed by atoms with Crippen molar-refractivity contribution in [1.29, 1.82) is 0 Å². The monoisotopic (exact) mass is 316 g/mol. The Hall–Kier alpha value is -2.74. The number of hydrogen-bond acceptors (Lipinski definition) is 2. The third kappa shape index (κ3) is 3.13. The molecule has 0 aromatic heterocycles. The normalized spacial score (nSPS) is 10.8. The number of hydrogen-bond donors (Lipinski definition) is 2. The van der Waals surface area contributed by atoms with E-state index in [4.69, 9.17) is 11.5 Å².